The average molecular weight is 200 g/mol. The van der Waals surface area contributed by atoms with Crippen LogP contribution in [0.5, 0.6) is 0 Å². The molecule has 1 aromatic heterocycles. The molecule has 1 aromatic carbocycles. The summed E-state index contributed by atoms with van der Waals surface area (Å²) in [4.78, 5) is 14.6. The molecule has 3 heteroatoms. The Labute approximate surface area is 88.4 Å². The molecule has 0 atom stereocenters. The van der Waals surface area contributed by atoms with E-state index in [-0.39, 0.29) is 0 Å². The molecule has 76 valence electrons. The van der Waals surface area contributed by atoms with E-state index in [1.165, 1.54) is 5.56 Å². The molecule has 0 aliphatic rings. The van der Waals surface area contributed by atoms with Crippen molar-refractivity contribution in [2.24, 2.45) is 7.05 Å². The molecule has 0 unspecified atom stereocenters. The number of aldehydes is 1. The first kappa shape index (κ1) is 9.65. The second kappa shape index (κ2) is 4.09. The normalized spacial score (nSPS) is 10.2. The van der Waals surface area contributed by atoms with Crippen molar-refractivity contribution in [1.82, 2.24) is 9.55 Å². The Kier molecular flexibility index (Phi) is 2.63. The second-order valence-corrected chi connectivity index (χ2v) is 3.45. The van der Waals surface area contributed by atoms with E-state index in [1.54, 1.807) is 6.20 Å². The maximum Gasteiger partial charge on any atom is 0.185 e. The Bertz CT molecular complexity index is 460. The monoisotopic (exact) mass is 200 g/mol. The highest BCUT2D eigenvalue weighted by atomic mass is 16.1. The maximum absolute atomic E-state index is 10.6. The van der Waals surface area contributed by atoms with Gasteiger partial charge in [-0.25, -0.2) is 4.98 Å². The predicted octanol–water partition coefficient (Wildman–Crippen LogP) is 1.82. The summed E-state index contributed by atoms with van der Waals surface area (Å²) in [5, 5.41) is 0. The van der Waals surface area contributed by atoms with Crippen molar-refractivity contribution in [3.05, 3.63) is 53.6 Å². The minimum atomic E-state index is 0.473. The fraction of sp³-hybridized carbons (Fsp3) is 0.167. The van der Waals surface area contributed by atoms with Gasteiger partial charge in [0.2, 0.25) is 0 Å². The molecular weight excluding hydrogens is 188 g/mol. The topological polar surface area (TPSA) is 34.9 Å². The van der Waals surface area contributed by atoms with Crippen LogP contribution in [0, 0.1) is 0 Å². The van der Waals surface area contributed by atoms with E-state index in [9.17, 15) is 4.79 Å². The first-order valence-electron chi connectivity index (χ1n) is 4.81. The van der Waals surface area contributed by atoms with Gasteiger partial charge in [0, 0.05) is 25.4 Å². The number of benzene rings is 1. The van der Waals surface area contributed by atoms with Gasteiger partial charge in [-0.15, -0.1) is 0 Å². The van der Waals surface area contributed by atoms with Crippen LogP contribution in [0.2, 0.25) is 0 Å². The van der Waals surface area contributed by atoms with E-state index in [1.807, 2.05) is 29.8 Å². The SMILES string of the molecule is Cn1c(Cc2ccccc2)cnc1C=O. The number of hydrogen-bond donors (Lipinski definition) is 0. The van der Waals surface area contributed by atoms with Crippen LogP contribution in [0.4, 0.5) is 0 Å². The molecule has 1 heterocycles. The van der Waals surface area contributed by atoms with Crippen molar-refractivity contribution < 1.29 is 4.79 Å². The standard InChI is InChI=1S/C12H12N2O/c1-14-11(8-13-12(14)9-15)7-10-5-3-2-4-6-10/h2-6,8-9H,7H2,1H3. The van der Waals surface area contributed by atoms with Crippen LogP contribution in [0.3, 0.4) is 0 Å². The van der Waals surface area contributed by atoms with E-state index in [4.69, 9.17) is 0 Å². The molecule has 0 radical (unpaired) electrons. The zero-order valence-corrected chi connectivity index (χ0v) is 8.55. The first-order valence-corrected chi connectivity index (χ1v) is 4.81. The highest BCUT2D eigenvalue weighted by Gasteiger charge is 2.05. The smallest absolute Gasteiger partial charge is 0.185 e. The van der Waals surface area contributed by atoms with Crippen LogP contribution < -0.4 is 0 Å². The van der Waals surface area contributed by atoms with Gasteiger partial charge in [0.1, 0.15) is 0 Å². The van der Waals surface area contributed by atoms with Gasteiger partial charge in [-0.1, -0.05) is 30.3 Å². The summed E-state index contributed by atoms with van der Waals surface area (Å²) in [7, 11) is 1.86. The predicted molar refractivity (Wildman–Crippen MR) is 57.8 cm³/mol. The lowest BCUT2D eigenvalue weighted by atomic mass is 10.1. The van der Waals surface area contributed by atoms with E-state index in [0.29, 0.717) is 5.82 Å². The van der Waals surface area contributed by atoms with Gasteiger partial charge in [-0.2, -0.15) is 0 Å². The molecular formula is C12H12N2O. The molecule has 2 rings (SSSR count). The van der Waals surface area contributed by atoms with E-state index in [0.717, 1.165) is 18.4 Å². The van der Waals surface area contributed by atoms with Crippen molar-refractivity contribution >= 4 is 6.29 Å². The molecule has 0 N–H and O–H groups in total. The fourth-order valence-electron chi connectivity index (χ4n) is 1.54. The van der Waals surface area contributed by atoms with E-state index in [2.05, 4.69) is 17.1 Å². The van der Waals surface area contributed by atoms with Gasteiger partial charge in [-0.05, 0) is 5.56 Å². The quantitative estimate of drug-likeness (QED) is 0.708. The van der Waals surface area contributed by atoms with Crippen LogP contribution in [-0.2, 0) is 13.5 Å². The lowest BCUT2D eigenvalue weighted by Gasteiger charge is -2.02. The Morgan fingerprint density at radius 2 is 2.07 bits per heavy atom. The van der Waals surface area contributed by atoms with Crippen LogP contribution in [0.25, 0.3) is 0 Å². The summed E-state index contributed by atoms with van der Waals surface area (Å²) >= 11 is 0. The Morgan fingerprint density at radius 1 is 1.33 bits per heavy atom. The molecule has 15 heavy (non-hydrogen) atoms. The Balaban J connectivity index is 2.25. The molecule has 0 fully saturated rings. The lowest BCUT2D eigenvalue weighted by molar-refractivity contribution is 0.111. The van der Waals surface area contributed by atoms with Crippen LogP contribution >= 0.6 is 0 Å². The van der Waals surface area contributed by atoms with Crippen LogP contribution in [0.1, 0.15) is 21.9 Å². The summed E-state index contributed by atoms with van der Waals surface area (Å²) < 4.78 is 1.82. The average Bonchev–Trinajstić information content (AvgIpc) is 2.62. The molecule has 3 nitrogen and oxygen atoms in total. The minimum Gasteiger partial charge on any atom is -0.329 e. The maximum atomic E-state index is 10.6. The fourth-order valence-corrected chi connectivity index (χ4v) is 1.54. The molecule has 0 bridgehead atoms. The molecule has 0 saturated carbocycles. The van der Waals surface area contributed by atoms with Gasteiger partial charge < -0.3 is 4.57 Å². The lowest BCUT2D eigenvalue weighted by Crippen LogP contribution is -2.01. The van der Waals surface area contributed by atoms with Crippen molar-refractivity contribution in [2.75, 3.05) is 0 Å². The van der Waals surface area contributed by atoms with Gasteiger partial charge in [-0.3, -0.25) is 4.79 Å². The highest BCUT2D eigenvalue weighted by Crippen LogP contribution is 2.09. The minimum absolute atomic E-state index is 0.473. The number of nitrogens with zero attached hydrogens (tertiary/aromatic N) is 2. The summed E-state index contributed by atoms with van der Waals surface area (Å²) in [5.74, 6) is 0.473. The highest BCUT2D eigenvalue weighted by molar-refractivity contribution is 5.69. The number of rotatable bonds is 3. The van der Waals surface area contributed by atoms with Gasteiger partial charge in [0.15, 0.2) is 12.1 Å². The third kappa shape index (κ3) is 1.96. The molecule has 0 aliphatic heterocycles. The first-order chi connectivity index (χ1) is 7.31. The summed E-state index contributed by atoms with van der Waals surface area (Å²) in [6, 6.07) is 10.1. The number of carbonyl (C=O) groups excluding carboxylic acids is 1. The van der Waals surface area contributed by atoms with Crippen molar-refractivity contribution in [2.45, 2.75) is 6.42 Å². The van der Waals surface area contributed by atoms with Crippen LogP contribution in [0.15, 0.2) is 36.5 Å². The molecule has 2 aromatic rings. The summed E-state index contributed by atoms with van der Waals surface area (Å²) in [6.45, 7) is 0. The van der Waals surface area contributed by atoms with Crippen molar-refractivity contribution in [1.29, 1.82) is 0 Å². The van der Waals surface area contributed by atoms with Crippen molar-refractivity contribution in [3.8, 4) is 0 Å². The summed E-state index contributed by atoms with van der Waals surface area (Å²) in [5.41, 5.74) is 2.27. The zero-order valence-electron chi connectivity index (χ0n) is 8.55. The second-order valence-electron chi connectivity index (χ2n) is 3.45. The molecule has 0 aliphatic carbocycles. The Hall–Kier alpha value is -1.90. The Morgan fingerprint density at radius 3 is 2.67 bits per heavy atom. The third-order valence-electron chi connectivity index (χ3n) is 2.45. The number of hydrogen-bond acceptors (Lipinski definition) is 2. The summed E-state index contributed by atoms with van der Waals surface area (Å²) in [6.07, 6.45) is 3.32. The van der Waals surface area contributed by atoms with Crippen LogP contribution in [-0.4, -0.2) is 15.8 Å². The van der Waals surface area contributed by atoms with Gasteiger partial charge in [0.05, 0.1) is 0 Å². The number of aromatic nitrogens is 2. The number of carbonyl (C=O) groups is 1. The van der Waals surface area contributed by atoms with Crippen molar-refractivity contribution in [3.63, 3.8) is 0 Å². The third-order valence-corrected chi connectivity index (χ3v) is 2.45. The van der Waals surface area contributed by atoms with Gasteiger partial charge in [0.25, 0.3) is 0 Å². The zero-order chi connectivity index (χ0) is 10.7. The van der Waals surface area contributed by atoms with Gasteiger partial charge >= 0.3 is 0 Å². The van der Waals surface area contributed by atoms with E-state index >= 15 is 0 Å². The molecule has 0 saturated heterocycles. The van der Waals surface area contributed by atoms with E-state index < -0.39 is 0 Å². The number of imidazole rings is 1. The molecule has 0 amide bonds. The molecule has 0 spiro atoms. The largest absolute Gasteiger partial charge is 0.329 e.